The van der Waals surface area contributed by atoms with Gasteiger partial charge in [-0.15, -0.1) is 0 Å². The van der Waals surface area contributed by atoms with Crippen molar-refractivity contribution < 1.29 is 20.1 Å². The molecule has 0 saturated heterocycles. The first kappa shape index (κ1) is 21.7. The van der Waals surface area contributed by atoms with E-state index in [1.807, 2.05) is 0 Å². The van der Waals surface area contributed by atoms with Crippen LogP contribution in [-0.4, -0.2) is 43.5 Å². The van der Waals surface area contributed by atoms with E-state index < -0.39 is 36.5 Å². The summed E-state index contributed by atoms with van der Waals surface area (Å²) in [5.41, 5.74) is -1.97. The average Bonchev–Trinajstić information content (AvgIpc) is 3.22. The van der Waals surface area contributed by atoms with Crippen LogP contribution in [0, 0.1) is 0 Å². The molecular formula is C22H14B2N2O8. The van der Waals surface area contributed by atoms with Crippen LogP contribution < -0.4 is 33.2 Å². The van der Waals surface area contributed by atoms with Crippen LogP contribution >= 0.6 is 0 Å². The summed E-state index contributed by atoms with van der Waals surface area (Å²) in [5, 5.41) is 36.8. The van der Waals surface area contributed by atoms with Gasteiger partial charge >= 0.3 is 14.2 Å². The first-order valence-corrected chi connectivity index (χ1v) is 10.1. The Kier molecular flexibility index (Phi) is 4.95. The number of nitrogens with zero attached hydrogens (tertiary/aromatic N) is 2. The molecule has 10 nitrogen and oxygen atoms in total. The summed E-state index contributed by atoms with van der Waals surface area (Å²) in [6, 6.07) is 13.4. The lowest BCUT2D eigenvalue weighted by atomic mass is 9.80. The monoisotopic (exact) mass is 456 g/mol. The molecule has 0 radical (unpaired) electrons. The van der Waals surface area contributed by atoms with E-state index in [1.54, 1.807) is 0 Å². The Morgan fingerprint density at radius 1 is 0.471 bits per heavy atom. The number of hydrogen-bond acceptors (Lipinski definition) is 8. The molecule has 166 valence electrons. The maximum absolute atomic E-state index is 13.0. The van der Waals surface area contributed by atoms with Crippen LogP contribution in [0.4, 0.5) is 0 Å². The van der Waals surface area contributed by atoms with Crippen LogP contribution in [0.15, 0.2) is 79.8 Å². The molecule has 2 heterocycles. The summed E-state index contributed by atoms with van der Waals surface area (Å²) in [6.07, 6.45) is 0. The van der Waals surface area contributed by atoms with Crippen molar-refractivity contribution >= 4 is 46.7 Å². The maximum Gasteiger partial charge on any atom is 0.488 e. The molecule has 0 aliphatic rings. The highest BCUT2D eigenvalue weighted by Crippen LogP contribution is 2.17. The average molecular weight is 456 g/mol. The van der Waals surface area contributed by atoms with Crippen LogP contribution in [-0.2, 0) is 0 Å². The Morgan fingerprint density at radius 3 is 0.971 bits per heavy atom. The molecule has 0 unspecified atom stereocenters. The largest absolute Gasteiger partial charge is 0.488 e. The van der Waals surface area contributed by atoms with Gasteiger partial charge in [0.1, 0.15) is 0 Å². The molecule has 2 aromatic heterocycles. The highest BCUT2D eigenvalue weighted by Gasteiger charge is 2.21. The summed E-state index contributed by atoms with van der Waals surface area (Å²) < 4.78 is 1.78. The predicted molar refractivity (Wildman–Crippen MR) is 127 cm³/mol. The third-order valence-corrected chi connectivity index (χ3v) is 5.79. The summed E-state index contributed by atoms with van der Waals surface area (Å²) in [6.45, 7) is 0. The molecule has 0 fully saturated rings. The zero-order valence-corrected chi connectivity index (χ0v) is 17.2. The number of rotatable bonds is 4. The normalized spacial score (nSPS) is 11.4. The highest BCUT2D eigenvalue weighted by molar-refractivity contribution is 6.58. The van der Waals surface area contributed by atoms with Crippen molar-refractivity contribution in [3.8, 4) is 11.4 Å². The quantitative estimate of drug-likeness (QED) is 0.212. The van der Waals surface area contributed by atoms with Crippen molar-refractivity contribution in [1.82, 2.24) is 9.13 Å². The summed E-state index contributed by atoms with van der Waals surface area (Å²) in [4.78, 5) is 52.1. The van der Waals surface area contributed by atoms with Crippen molar-refractivity contribution in [2.75, 3.05) is 0 Å². The van der Waals surface area contributed by atoms with Crippen LogP contribution in [0.25, 0.3) is 32.9 Å². The second-order valence-electron chi connectivity index (χ2n) is 7.77. The van der Waals surface area contributed by atoms with E-state index in [4.69, 9.17) is 0 Å². The van der Waals surface area contributed by atoms with Crippen molar-refractivity contribution in [3.05, 3.63) is 102 Å². The Bertz CT molecular complexity index is 1570. The minimum absolute atomic E-state index is 0.0308. The van der Waals surface area contributed by atoms with Crippen molar-refractivity contribution in [2.45, 2.75) is 0 Å². The summed E-state index contributed by atoms with van der Waals surface area (Å²) in [7, 11) is -3.41. The van der Waals surface area contributed by atoms with Gasteiger partial charge in [-0.1, -0.05) is 24.3 Å². The minimum Gasteiger partial charge on any atom is -0.423 e. The predicted octanol–water partition coefficient (Wildman–Crippen LogP) is -2.75. The molecule has 0 atom stereocenters. The lowest BCUT2D eigenvalue weighted by Gasteiger charge is -2.03. The molecule has 5 rings (SSSR count). The van der Waals surface area contributed by atoms with E-state index in [0.29, 0.717) is 0 Å². The SMILES string of the molecule is O=c1c2cc3c(=O)n(-c4ccc(B(O)O)cc4)c(=O)c3cc2c(=O)n1-c1ccc(B(O)O)cc1. The molecule has 0 bridgehead atoms. The minimum atomic E-state index is -1.70. The topological polar surface area (TPSA) is 159 Å². The van der Waals surface area contributed by atoms with Gasteiger partial charge in [0.25, 0.3) is 22.2 Å². The maximum atomic E-state index is 13.0. The van der Waals surface area contributed by atoms with Gasteiger partial charge < -0.3 is 20.1 Å². The Hall–Kier alpha value is -4.09. The second-order valence-corrected chi connectivity index (χ2v) is 7.77. The standard InChI is InChI=1S/C22H14B2N2O8/c27-19-15-9-17-18(22(30)26(21(17)29)14-7-3-12(4-8-14)24(33)34)10-16(15)20(28)25(19)13-5-1-11(2-6-13)23(31)32/h1-10,31-34H. The molecule has 0 amide bonds. The van der Waals surface area contributed by atoms with Gasteiger partial charge in [0.2, 0.25) is 0 Å². The van der Waals surface area contributed by atoms with Crippen molar-refractivity contribution in [1.29, 1.82) is 0 Å². The third kappa shape index (κ3) is 3.17. The molecule has 0 aliphatic heterocycles. The van der Waals surface area contributed by atoms with Crippen LogP contribution in [0.5, 0.6) is 0 Å². The van der Waals surface area contributed by atoms with E-state index in [2.05, 4.69) is 0 Å². The Labute approximate surface area is 189 Å². The van der Waals surface area contributed by atoms with E-state index in [-0.39, 0.29) is 43.8 Å². The molecular weight excluding hydrogens is 442 g/mol. The third-order valence-electron chi connectivity index (χ3n) is 5.79. The number of benzene rings is 3. The van der Waals surface area contributed by atoms with E-state index in [1.165, 1.54) is 60.7 Å². The first-order valence-electron chi connectivity index (χ1n) is 10.1. The number of aromatic nitrogens is 2. The van der Waals surface area contributed by atoms with Gasteiger partial charge in [0, 0.05) is 0 Å². The Morgan fingerprint density at radius 2 is 0.735 bits per heavy atom. The van der Waals surface area contributed by atoms with E-state index in [0.717, 1.165) is 9.13 Å². The van der Waals surface area contributed by atoms with E-state index >= 15 is 0 Å². The molecule has 0 aliphatic carbocycles. The summed E-state index contributed by atoms with van der Waals surface area (Å²) >= 11 is 0. The highest BCUT2D eigenvalue weighted by atomic mass is 16.4. The fraction of sp³-hybridized carbons (Fsp3) is 0. The van der Waals surface area contributed by atoms with Gasteiger partial charge in [-0.2, -0.15) is 0 Å². The Balaban J connectivity index is 1.72. The zero-order chi connectivity index (χ0) is 24.3. The molecule has 34 heavy (non-hydrogen) atoms. The number of fused-ring (bicyclic) bond motifs is 2. The lowest BCUT2D eigenvalue weighted by Crippen LogP contribution is -2.30. The molecule has 5 aromatic rings. The van der Waals surface area contributed by atoms with Gasteiger partial charge in [0.05, 0.1) is 32.9 Å². The molecule has 4 N–H and O–H groups in total. The van der Waals surface area contributed by atoms with Crippen molar-refractivity contribution in [2.24, 2.45) is 0 Å². The van der Waals surface area contributed by atoms with Crippen molar-refractivity contribution in [3.63, 3.8) is 0 Å². The smallest absolute Gasteiger partial charge is 0.423 e. The fourth-order valence-corrected chi connectivity index (χ4v) is 4.03. The number of hydrogen-bond donors (Lipinski definition) is 4. The first-order chi connectivity index (χ1) is 16.2. The molecule has 12 heteroatoms. The van der Waals surface area contributed by atoms with Gasteiger partial charge in [0.15, 0.2) is 0 Å². The van der Waals surface area contributed by atoms with Crippen LogP contribution in [0.1, 0.15) is 0 Å². The van der Waals surface area contributed by atoms with Crippen LogP contribution in [0.3, 0.4) is 0 Å². The summed E-state index contributed by atoms with van der Waals surface area (Å²) in [5.74, 6) is 0. The van der Waals surface area contributed by atoms with Gasteiger partial charge in [-0.05, 0) is 47.3 Å². The van der Waals surface area contributed by atoms with E-state index in [9.17, 15) is 39.3 Å². The van der Waals surface area contributed by atoms with Gasteiger partial charge in [-0.3, -0.25) is 19.2 Å². The van der Waals surface area contributed by atoms with Gasteiger partial charge in [-0.25, -0.2) is 9.13 Å². The molecule has 0 spiro atoms. The zero-order valence-electron chi connectivity index (χ0n) is 17.2. The van der Waals surface area contributed by atoms with Crippen LogP contribution in [0.2, 0.25) is 0 Å². The fourth-order valence-electron chi connectivity index (χ4n) is 4.03. The second kappa shape index (κ2) is 7.75. The molecule has 3 aromatic carbocycles. The molecule has 0 saturated carbocycles. The lowest BCUT2D eigenvalue weighted by molar-refractivity contribution is 0.424.